The summed E-state index contributed by atoms with van der Waals surface area (Å²) in [5.74, 6) is 1.95. The number of rotatable bonds is 4. The van der Waals surface area contributed by atoms with E-state index in [2.05, 4.69) is 15.9 Å². The van der Waals surface area contributed by atoms with E-state index in [0.29, 0.717) is 23.7 Å². The Morgan fingerprint density at radius 3 is 2.73 bits per heavy atom. The smallest absolute Gasteiger partial charge is 0.269 e. The van der Waals surface area contributed by atoms with Gasteiger partial charge in [-0.3, -0.25) is 10.1 Å². The van der Waals surface area contributed by atoms with Crippen LogP contribution in [-0.4, -0.2) is 22.8 Å². The van der Waals surface area contributed by atoms with Crippen molar-refractivity contribution in [2.24, 2.45) is 5.10 Å². The van der Waals surface area contributed by atoms with E-state index < -0.39 is 11.2 Å². The van der Waals surface area contributed by atoms with Gasteiger partial charge in [0.25, 0.3) is 5.69 Å². The van der Waals surface area contributed by atoms with Crippen LogP contribution in [0.2, 0.25) is 0 Å². The summed E-state index contributed by atoms with van der Waals surface area (Å²) in [5, 5.41) is 17.7. The highest BCUT2D eigenvalue weighted by Gasteiger charge is 2.43. The van der Waals surface area contributed by atoms with E-state index >= 15 is 0 Å². The molecule has 0 amide bonds. The number of benzene rings is 2. The minimum absolute atomic E-state index is 0.0224. The minimum Gasteiger partial charge on any atom is -0.493 e. The molecule has 0 fully saturated rings. The summed E-state index contributed by atoms with van der Waals surface area (Å²) in [6.07, 6.45) is 1.69. The molecule has 2 atom stereocenters. The van der Waals surface area contributed by atoms with Crippen molar-refractivity contribution in [2.45, 2.75) is 18.7 Å². The molecule has 3 heterocycles. The van der Waals surface area contributed by atoms with Crippen LogP contribution in [0.25, 0.3) is 0 Å². The van der Waals surface area contributed by atoms with Crippen LogP contribution in [0.1, 0.15) is 35.6 Å². The van der Waals surface area contributed by atoms with Gasteiger partial charge in [0.2, 0.25) is 6.23 Å². The summed E-state index contributed by atoms with van der Waals surface area (Å²) in [5.41, 5.74) is 2.54. The van der Waals surface area contributed by atoms with Gasteiger partial charge < -0.3 is 13.9 Å². The number of hydrogen-bond acceptors (Lipinski definition) is 7. The SMILES string of the molecule is COc1cc(Br)cc2c1O[C@H](c1ccc([N+](=O)[O-])cc1)N1N=C(c3ccco3)C[C@@H]21. The zero-order valence-electron chi connectivity index (χ0n) is 15.8. The van der Waals surface area contributed by atoms with Crippen molar-refractivity contribution in [2.75, 3.05) is 7.11 Å². The lowest BCUT2D eigenvalue weighted by molar-refractivity contribution is -0.384. The molecule has 152 valence electrons. The number of ether oxygens (including phenoxy) is 2. The standard InChI is InChI=1S/C21H16BrN3O5/c1-28-19-10-13(22)9-15-17-11-16(18-3-2-8-29-18)23-24(17)21(30-20(15)19)12-4-6-14(7-5-12)25(26)27/h2-10,17,21H,11H2,1H3/t17-,21+/m0/s1. The first kappa shape index (κ1) is 18.7. The second-order valence-corrected chi connectivity index (χ2v) is 7.88. The third kappa shape index (κ3) is 3.02. The lowest BCUT2D eigenvalue weighted by atomic mass is 9.97. The summed E-state index contributed by atoms with van der Waals surface area (Å²) in [4.78, 5) is 10.6. The van der Waals surface area contributed by atoms with Crippen LogP contribution >= 0.6 is 15.9 Å². The van der Waals surface area contributed by atoms with Gasteiger partial charge in [0.15, 0.2) is 11.5 Å². The maximum atomic E-state index is 11.0. The number of halogens is 1. The molecule has 3 aromatic rings. The lowest BCUT2D eigenvalue weighted by Crippen LogP contribution is -2.34. The Hall–Kier alpha value is -3.33. The second-order valence-electron chi connectivity index (χ2n) is 6.97. The Labute approximate surface area is 180 Å². The number of nitrogens with zero attached hydrogens (tertiary/aromatic N) is 3. The van der Waals surface area contributed by atoms with Crippen LogP contribution in [0.3, 0.4) is 0 Å². The molecule has 0 saturated heterocycles. The number of nitro groups is 1. The van der Waals surface area contributed by atoms with E-state index in [0.717, 1.165) is 21.3 Å². The monoisotopic (exact) mass is 469 g/mol. The van der Waals surface area contributed by atoms with Gasteiger partial charge in [-0.05, 0) is 36.4 Å². The van der Waals surface area contributed by atoms with Crippen LogP contribution in [0, 0.1) is 10.1 Å². The average Bonchev–Trinajstić information content (AvgIpc) is 3.42. The van der Waals surface area contributed by atoms with Gasteiger partial charge >= 0.3 is 0 Å². The molecule has 30 heavy (non-hydrogen) atoms. The molecule has 0 N–H and O–H groups in total. The molecular weight excluding hydrogens is 454 g/mol. The van der Waals surface area contributed by atoms with Gasteiger partial charge in [0.05, 0.1) is 24.3 Å². The topological polar surface area (TPSA) is 90.3 Å². The Morgan fingerprint density at radius 2 is 2.07 bits per heavy atom. The number of hydrogen-bond donors (Lipinski definition) is 0. The van der Waals surface area contributed by atoms with Crippen LogP contribution in [-0.2, 0) is 0 Å². The van der Waals surface area contributed by atoms with Gasteiger partial charge in [0, 0.05) is 34.2 Å². The first-order chi connectivity index (χ1) is 14.5. The first-order valence-corrected chi connectivity index (χ1v) is 10.0. The highest BCUT2D eigenvalue weighted by molar-refractivity contribution is 9.10. The zero-order chi connectivity index (χ0) is 20.8. The largest absolute Gasteiger partial charge is 0.493 e. The highest BCUT2D eigenvalue weighted by atomic mass is 79.9. The van der Waals surface area contributed by atoms with Gasteiger partial charge in [-0.15, -0.1) is 0 Å². The number of fused-ring (bicyclic) bond motifs is 3. The average molecular weight is 470 g/mol. The maximum absolute atomic E-state index is 11.0. The predicted octanol–water partition coefficient (Wildman–Crippen LogP) is 5.20. The molecule has 2 aliphatic heterocycles. The zero-order valence-corrected chi connectivity index (χ0v) is 17.4. The van der Waals surface area contributed by atoms with Crippen molar-refractivity contribution >= 4 is 27.3 Å². The molecule has 9 heteroatoms. The van der Waals surface area contributed by atoms with Crippen LogP contribution < -0.4 is 9.47 Å². The van der Waals surface area contributed by atoms with Crippen LogP contribution in [0.15, 0.2) is 68.8 Å². The van der Waals surface area contributed by atoms with E-state index in [1.54, 1.807) is 25.5 Å². The van der Waals surface area contributed by atoms with Crippen LogP contribution in [0.5, 0.6) is 11.5 Å². The number of nitro benzene ring substituents is 1. The summed E-state index contributed by atoms with van der Waals surface area (Å²) in [7, 11) is 1.60. The molecule has 5 rings (SSSR count). The first-order valence-electron chi connectivity index (χ1n) is 9.23. The van der Waals surface area contributed by atoms with Crippen molar-refractivity contribution in [1.29, 1.82) is 0 Å². The minimum atomic E-state index is -0.564. The lowest BCUT2D eigenvalue weighted by Gasteiger charge is -2.38. The second kappa shape index (κ2) is 7.17. The molecule has 0 radical (unpaired) electrons. The van der Waals surface area contributed by atoms with Gasteiger partial charge in [-0.1, -0.05) is 15.9 Å². The fraction of sp³-hybridized carbons (Fsp3) is 0.190. The number of furan rings is 1. The summed E-state index contributed by atoms with van der Waals surface area (Å²) in [6.45, 7) is 0. The van der Waals surface area contributed by atoms with Gasteiger partial charge in [0.1, 0.15) is 11.5 Å². The van der Waals surface area contributed by atoms with E-state index in [1.807, 2.05) is 29.3 Å². The van der Waals surface area contributed by atoms with Crippen molar-refractivity contribution in [3.05, 3.63) is 86.3 Å². The fourth-order valence-corrected chi connectivity index (χ4v) is 4.30. The van der Waals surface area contributed by atoms with Gasteiger partial charge in [-0.25, -0.2) is 5.01 Å². The summed E-state index contributed by atoms with van der Waals surface area (Å²) < 4.78 is 18.3. The third-order valence-electron chi connectivity index (χ3n) is 5.23. The van der Waals surface area contributed by atoms with E-state index in [1.165, 1.54) is 12.1 Å². The van der Waals surface area contributed by atoms with E-state index in [-0.39, 0.29) is 11.7 Å². The van der Waals surface area contributed by atoms with E-state index in [9.17, 15) is 10.1 Å². The quantitative estimate of drug-likeness (QED) is 0.385. The van der Waals surface area contributed by atoms with Crippen molar-refractivity contribution in [3.8, 4) is 11.5 Å². The molecule has 0 bridgehead atoms. The van der Waals surface area contributed by atoms with Crippen molar-refractivity contribution in [3.63, 3.8) is 0 Å². The van der Waals surface area contributed by atoms with Gasteiger partial charge in [-0.2, -0.15) is 5.10 Å². The molecular formula is C21H16BrN3O5. The molecule has 0 unspecified atom stereocenters. The predicted molar refractivity (Wildman–Crippen MR) is 112 cm³/mol. The third-order valence-corrected chi connectivity index (χ3v) is 5.69. The molecule has 0 saturated carbocycles. The number of non-ortho nitro benzene ring substituents is 1. The van der Waals surface area contributed by atoms with Crippen molar-refractivity contribution < 1.29 is 18.8 Å². The fourth-order valence-electron chi connectivity index (χ4n) is 3.85. The normalized spacial score (nSPS) is 19.5. The highest BCUT2D eigenvalue weighted by Crippen LogP contribution is 2.51. The Bertz CT molecular complexity index is 1140. The Balaban J connectivity index is 1.62. The Morgan fingerprint density at radius 1 is 1.27 bits per heavy atom. The molecule has 2 aromatic carbocycles. The summed E-state index contributed by atoms with van der Waals surface area (Å²) >= 11 is 3.54. The molecule has 0 aliphatic carbocycles. The number of methoxy groups -OCH3 is 1. The van der Waals surface area contributed by atoms with Crippen LogP contribution in [0.4, 0.5) is 5.69 Å². The van der Waals surface area contributed by atoms with E-state index in [4.69, 9.17) is 19.0 Å². The molecule has 2 aliphatic rings. The summed E-state index contributed by atoms with van der Waals surface area (Å²) in [6, 6.07) is 13.8. The number of hydrazone groups is 1. The Kier molecular flexibility index (Phi) is 4.47. The molecule has 0 spiro atoms. The molecule has 1 aromatic heterocycles. The molecule has 8 nitrogen and oxygen atoms in total. The van der Waals surface area contributed by atoms with Crippen molar-refractivity contribution in [1.82, 2.24) is 5.01 Å². The maximum Gasteiger partial charge on any atom is 0.269 e.